The van der Waals surface area contributed by atoms with Gasteiger partial charge in [0.15, 0.2) is 0 Å². The first-order chi connectivity index (χ1) is 13.7. The number of unbranched alkanes of at least 4 members (excludes halogenated alkanes) is 10. The second kappa shape index (κ2) is 22.2. The van der Waals surface area contributed by atoms with Gasteiger partial charge in [0.1, 0.15) is 0 Å². The third kappa shape index (κ3) is 14.9. The standard InChI is InChI=1S/C24H38O4.Ca.Zn.2H/c1-3-5-7-9-11-15-19-27-23(25)21-17-13-14-18-22(21)24(26)28-20-16-12-10-8-6-4-2;;;;/h13-14,17-18H,3-12,15-16,19-20H2,1-2H3;;;;/q;+2;;2*-1. The van der Waals surface area contributed by atoms with Crippen molar-refractivity contribution in [2.45, 2.75) is 90.9 Å². The molecule has 0 aromatic heterocycles. The number of carbonyl (C=O) groups excluding carboxylic acids is 2. The molecule has 0 aliphatic heterocycles. The van der Waals surface area contributed by atoms with Crippen LogP contribution >= 0.6 is 0 Å². The number of hydrogen-bond acceptors (Lipinski definition) is 4. The Morgan fingerprint density at radius 3 is 1.37 bits per heavy atom. The van der Waals surface area contributed by atoms with Crippen LogP contribution in [-0.2, 0) is 29.0 Å². The van der Waals surface area contributed by atoms with Gasteiger partial charge in [0, 0.05) is 19.5 Å². The van der Waals surface area contributed by atoms with E-state index in [1.165, 1.54) is 51.4 Å². The minimum atomic E-state index is -0.444. The molecule has 0 atom stereocenters. The summed E-state index contributed by atoms with van der Waals surface area (Å²) in [5, 5.41) is 0. The zero-order chi connectivity index (χ0) is 20.5. The summed E-state index contributed by atoms with van der Waals surface area (Å²) in [7, 11) is 0. The maximum Gasteiger partial charge on any atom is 2.00 e. The molecule has 30 heavy (non-hydrogen) atoms. The van der Waals surface area contributed by atoms with Crippen LogP contribution in [0.2, 0.25) is 0 Å². The number of rotatable bonds is 16. The van der Waals surface area contributed by atoms with Crippen LogP contribution in [0.1, 0.15) is 114 Å². The van der Waals surface area contributed by atoms with Gasteiger partial charge in [-0.1, -0.05) is 90.2 Å². The van der Waals surface area contributed by atoms with Gasteiger partial charge in [0.25, 0.3) is 0 Å². The zero-order valence-electron chi connectivity index (χ0n) is 21.3. The largest absolute Gasteiger partial charge is 2.00 e. The molecular weight excluding hydrogens is 458 g/mol. The summed E-state index contributed by atoms with van der Waals surface area (Å²) in [6.45, 7) is 5.17. The molecule has 6 heteroatoms. The Morgan fingerprint density at radius 2 is 1.00 bits per heavy atom. The smallest absolute Gasteiger partial charge is 1.00 e. The Bertz CT molecular complexity index is 528. The fraction of sp³-hybridized carbons (Fsp3) is 0.667. The van der Waals surface area contributed by atoms with E-state index in [0.29, 0.717) is 24.3 Å². The maximum absolute atomic E-state index is 12.4. The molecule has 1 aromatic rings. The monoisotopic (exact) mass is 496 g/mol. The van der Waals surface area contributed by atoms with E-state index in [-0.39, 0.29) is 60.1 Å². The topological polar surface area (TPSA) is 52.6 Å². The molecule has 0 bridgehead atoms. The molecule has 0 saturated heterocycles. The molecule has 0 spiro atoms. The number of carbonyl (C=O) groups is 2. The van der Waals surface area contributed by atoms with E-state index in [1.54, 1.807) is 24.3 Å². The molecular formula is C24H40CaO4Zn. The molecule has 0 N–H and O–H groups in total. The summed E-state index contributed by atoms with van der Waals surface area (Å²) in [6.07, 6.45) is 13.6. The van der Waals surface area contributed by atoms with E-state index in [0.717, 1.165) is 25.7 Å². The van der Waals surface area contributed by atoms with Crippen molar-refractivity contribution in [1.82, 2.24) is 0 Å². The first-order valence-electron chi connectivity index (χ1n) is 11.1. The van der Waals surface area contributed by atoms with Crippen LogP contribution in [0, 0.1) is 0 Å². The molecule has 0 radical (unpaired) electrons. The van der Waals surface area contributed by atoms with Crippen LogP contribution in [0.25, 0.3) is 0 Å². The van der Waals surface area contributed by atoms with Crippen molar-refractivity contribution in [2.24, 2.45) is 0 Å². The second-order valence-electron chi connectivity index (χ2n) is 7.35. The summed E-state index contributed by atoms with van der Waals surface area (Å²) in [5.41, 5.74) is 0.586. The summed E-state index contributed by atoms with van der Waals surface area (Å²) < 4.78 is 10.7. The molecule has 0 aliphatic rings. The number of benzene rings is 1. The van der Waals surface area contributed by atoms with Gasteiger partial charge in [0.05, 0.1) is 24.3 Å². The van der Waals surface area contributed by atoms with E-state index < -0.39 is 11.9 Å². The van der Waals surface area contributed by atoms with Crippen molar-refractivity contribution in [3.63, 3.8) is 0 Å². The van der Waals surface area contributed by atoms with Crippen molar-refractivity contribution in [3.8, 4) is 0 Å². The summed E-state index contributed by atoms with van der Waals surface area (Å²) in [4.78, 5) is 24.7. The normalized spacial score (nSPS) is 9.93. The van der Waals surface area contributed by atoms with E-state index in [9.17, 15) is 9.59 Å². The number of hydrogen-bond donors (Lipinski definition) is 0. The molecule has 0 amide bonds. The Kier molecular flexibility index (Phi) is 23.9. The Balaban J connectivity index is -0.000000980. The summed E-state index contributed by atoms with van der Waals surface area (Å²) in [6, 6.07) is 6.74. The first kappa shape index (κ1) is 32.2. The molecule has 4 nitrogen and oxygen atoms in total. The van der Waals surface area contributed by atoms with Crippen LogP contribution < -0.4 is 0 Å². The summed E-state index contributed by atoms with van der Waals surface area (Å²) >= 11 is 0. The summed E-state index contributed by atoms with van der Waals surface area (Å²) in [5.74, 6) is -0.888. The van der Waals surface area contributed by atoms with Crippen molar-refractivity contribution in [1.29, 1.82) is 0 Å². The molecule has 0 heterocycles. The maximum atomic E-state index is 12.4. The van der Waals surface area contributed by atoms with Gasteiger partial charge in [-0.25, -0.2) is 9.59 Å². The van der Waals surface area contributed by atoms with Gasteiger partial charge in [-0.15, -0.1) is 0 Å². The molecule has 1 aromatic carbocycles. The van der Waals surface area contributed by atoms with Gasteiger partial charge in [-0.2, -0.15) is 0 Å². The average Bonchev–Trinajstić information content (AvgIpc) is 2.72. The molecule has 0 unspecified atom stereocenters. The van der Waals surface area contributed by atoms with E-state index >= 15 is 0 Å². The zero-order valence-corrected chi connectivity index (χ0v) is 24.4. The molecule has 1 rings (SSSR count). The molecule has 0 saturated carbocycles. The second-order valence-corrected chi connectivity index (χ2v) is 7.35. The van der Waals surface area contributed by atoms with E-state index in [2.05, 4.69) is 13.8 Å². The van der Waals surface area contributed by atoms with Crippen LogP contribution in [0.5, 0.6) is 0 Å². The molecule has 0 fully saturated rings. The van der Waals surface area contributed by atoms with Crippen LogP contribution in [0.4, 0.5) is 0 Å². The minimum absolute atomic E-state index is 0. The predicted octanol–water partition coefficient (Wildman–Crippen LogP) is 6.56. The van der Waals surface area contributed by atoms with Gasteiger partial charge in [-0.3, -0.25) is 0 Å². The van der Waals surface area contributed by atoms with Gasteiger partial charge < -0.3 is 12.3 Å². The average molecular weight is 498 g/mol. The number of ether oxygens (including phenoxy) is 2. The quantitative estimate of drug-likeness (QED) is 0.147. The van der Waals surface area contributed by atoms with Crippen molar-refractivity contribution < 1.29 is 41.4 Å². The van der Waals surface area contributed by atoms with Crippen molar-refractivity contribution in [2.75, 3.05) is 13.2 Å². The minimum Gasteiger partial charge on any atom is -1.00 e. The third-order valence-electron chi connectivity index (χ3n) is 4.83. The van der Waals surface area contributed by atoms with Crippen molar-refractivity contribution in [3.05, 3.63) is 35.4 Å². The Morgan fingerprint density at radius 1 is 0.667 bits per heavy atom. The van der Waals surface area contributed by atoms with Gasteiger partial charge in [-0.05, 0) is 25.0 Å². The predicted molar refractivity (Wildman–Crippen MR) is 122 cm³/mol. The Labute approximate surface area is 229 Å². The molecule has 164 valence electrons. The van der Waals surface area contributed by atoms with Crippen LogP contribution in [0.15, 0.2) is 24.3 Å². The van der Waals surface area contributed by atoms with Gasteiger partial charge in [0.2, 0.25) is 0 Å². The van der Waals surface area contributed by atoms with E-state index in [4.69, 9.17) is 9.47 Å². The fourth-order valence-electron chi connectivity index (χ4n) is 3.09. The first-order valence-corrected chi connectivity index (χ1v) is 11.1. The van der Waals surface area contributed by atoms with Crippen LogP contribution in [-0.4, -0.2) is 62.9 Å². The molecule has 0 aliphatic carbocycles. The number of esters is 2. The Hall–Kier alpha value is 0.0431. The van der Waals surface area contributed by atoms with Gasteiger partial charge >= 0.3 is 49.7 Å². The third-order valence-corrected chi connectivity index (χ3v) is 4.83. The fourth-order valence-corrected chi connectivity index (χ4v) is 3.09. The van der Waals surface area contributed by atoms with Crippen molar-refractivity contribution >= 4 is 49.7 Å². The van der Waals surface area contributed by atoms with E-state index in [1.807, 2.05) is 0 Å². The SMILES string of the molecule is CCCCCCCCOC(=O)c1ccccc1C(=O)OCCCCCCCC.[Ca+2].[H-].[H-].[Zn]. The van der Waals surface area contributed by atoms with Crippen LogP contribution in [0.3, 0.4) is 0 Å².